The lowest BCUT2D eigenvalue weighted by Gasteiger charge is -1.92. The molecule has 0 saturated carbocycles. The summed E-state index contributed by atoms with van der Waals surface area (Å²) in [6, 6.07) is 2.86. The van der Waals surface area contributed by atoms with E-state index >= 15 is 0 Å². The number of nitrogens with zero attached hydrogens (tertiary/aromatic N) is 3. The Balaban J connectivity index is 2.62. The highest BCUT2D eigenvalue weighted by Gasteiger charge is 2.09. The lowest BCUT2D eigenvalue weighted by atomic mass is 10.3. The van der Waals surface area contributed by atoms with Gasteiger partial charge in [0, 0.05) is 19.2 Å². The van der Waals surface area contributed by atoms with E-state index in [0.29, 0.717) is 11.3 Å². The molecule has 15 heavy (non-hydrogen) atoms. The Labute approximate surface area is 84.3 Å². The molecule has 0 amide bonds. The van der Waals surface area contributed by atoms with E-state index in [2.05, 4.69) is 4.98 Å². The Morgan fingerprint density at radius 1 is 1.47 bits per heavy atom. The molecule has 0 saturated heterocycles. The van der Waals surface area contributed by atoms with Gasteiger partial charge in [0.1, 0.15) is 11.3 Å². The Kier molecular flexibility index (Phi) is 1.96. The van der Waals surface area contributed by atoms with Gasteiger partial charge in [0.15, 0.2) is 5.78 Å². The fourth-order valence-corrected chi connectivity index (χ4v) is 1.26. The van der Waals surface area contributed by atoms with Gasteiger partial charge in [-0.05, 0) is 6.07 Å². The van der Waals surface area contributed by atoms with Crippen molar-refractivity contribution in [2.24, 2.45) is 0 Å². The quantitative estimate of drug-likeness (QED) is 0.422. The smallest absolute Gasteiger partial charge is 0.286 e. The van der Waals surface area contributed by atoms with Gasteiger partial charge in [0.25, 0.3) is 5.69 Å². The molecule has 0 spiro atoms. The predicted molar refractivity (Wildman–Crippen MR) is 51.9 cm³/mol. The highest BCUT2D eigenvalue weighted by Crippen LogP contribution is 2.13. The van der Waals surface area contributed by atoms with Crippen LogP contribution in [0.3, 0.4) is 0 Å². The number of aromatic nitrogens is 2. The lowest BCUT2D eigenvalue weighted by Crippen LogP contribution is -1.90. The number of carbonyl (C=O) groups is 1. The van der Waals surface area contributed by atoms with Crippen LogP contribution in [-0.2, 0) is 0 Å². The van der Waals surface area contributed by atoms with Crippen molar-refractivity contribution in [1.29, 1.82) is 0 Å². The second-order valence-corrected chi connectivity index (χ2v) is 3.09. The third-order valence-electron chi connectivity index (χ3n) is 2.01. The molecule has 2 aromatic rings. The number of pyridine rings is 1. The summed E-state index contributed by atoms with van der Waals surface area (Å²) in [6.45, 7) is 1.40. The Bertz CT molecular complexity index is 547. The molecule has 0 fully saturated rings. The van der Waals surface area contributed by atoms with Crippen molar-refractivity contribution < 1.29 is 9.72 Å². The number of carbonyl (C=O) groups excluding carboxylic acids is 1. The molecular formula is C9H7N3O3. The molecule has 0 aliphatic heterocycles. The maximum atomic E-state index is 11.0. The number of nitro groups is 1. The summed E-state index contributed by atoms with van der Waals surface area (Å²) in [7, 11) is 0. The lowest BCUT2D eigenvalue weighted by molar-refractivity contribution is -0.385. The fraction of sp³-hybridized carbons (Fsp3) is 0.111. The first kappa shape index (κ1) is 9.32. The highest BCUT2D eigenvalue weighted by molar-refractivity contribution is 5.92. The molecule has 0 bridgehead atoms. The summed E-state index contributed by atoms with van der Waals surface area (Å²) in [6.07, 6.45) is 2.80. The molecule has 0 atom stereocenters. The van der Waals surface area contributed by atoms with Gasteiger partial charge in [-0.2, -0.15) is 0 Å². The second kappa shape index (κ2) is 3.16. The van der Waals surface area contributed by atoms with E-state index in [4.69, 9.17) is 0 Å². The first-order chi connectivity index (χ1) is 7.08. The molecule has 2 heterocycles. The Morgan fingerprint density at radius 3 is 2.80 bits per heavy atom. The number of rotatable bonds is 2. The van der Waals surface area contributed by atoms with Crippen molar-refractivity contribution in [3.63, 3.8) is 0 Å². The van der Waals surface area contributed by atoms with Gasteiger partial charge in [0.05, 0.1) is 11.1 Å². The van der Waals surface area contributed by atoms with Gasteiger partial charge in [-0.3, -0.25) is 19.3 Å². The second-order valence-electron chi connectivity index (χ2n) is 3.09. The summed E-state index contributed by atoms with van der Waals surface area (Å²) in [5.41, 5.74) is 0.788. The first-order valence-corrected chi connectivity index (χ1v) is 4.22. The van der Waals surface area contributed by atoms with Crippen LogP contribution in [0.15, 0.2) is 24.5 Å². The largest absolute Gasteiger partial charge is 0.299 e. The van der Waals surface area contributed by atoms with Crippen LogP contribution in [0.1, 0.15) is 17.4 Å². The minimum Gasteiger partial charge on any atom is -0.299 e. The number of hydrogen-bond donors (Lipinski definition) is 0. The number of ketones is 1. The topological polar surface area (TPSA) is 77.5 Å². The fourth-order valence-electron chi connectivity index (χ4n) is 1.26. The summed E-state index contributed by atoms with van der Waals surface area (Å²) >= 11 is 0. The van der Waals surface area contributed by atoms with Crippen LogP contribution in [0.5, 0.6) is 0 Å². The molecule has 0 N–H and O–H groups in total. The molecule has 0 aliphatic carbocycles. The molecule has 0 unspecified atom stereocenters. The molecule has 0 radical (unpaired) electrons. The summed E-state index contributed by atoms with van der Waals surface area (Å²) < 4.78 is 1.47. The predicted octanol–water partition coefficient (Wildman–Crippen LogP) is 1.45. The Morgan fingerprint density at radius 2 is 2.20 bits per heavy atom. The van der Waals surface area contributed by atoms with Crippen molar-refractivity contribution >= 4 is 17.1 Å². The van der Waals surface area contributed by atoms with Gasteiger partial charge in [-0.15, -0.1) is 0 Å². The van der Waals surface area contributed by atoms with E-state index in [1.54, 1.807) is 0 Å². The third-order valence-corrected chi connectivity index (χ3v) is 2.01. The van der Waals surface area contributed by atoms with E-state index in [1.165, 1.54) is 35.9 Å². The van der Waals surface area contributed by atoms with Gasteiger partial charge < -0.3 is 0 Å². The molecule has 0 aromatic carbocycles. The zero-order chi connectivity index (χ0) is 11.0. The van der Waals surface area contributed by atoms with Gasteiger partial charge in [-0.1, -0.05) is 0 Å². The van der Waals surface area contributed by atoms with Crippen molar-refractivity contribution in [3.8, 4) is 0 Å². The van der Waals surface area contributed by atoms with E-state index in [0.717, 1.165) is 0 Å². The number of Topliss-reactive ketones (excluding diaryl/α,β-unsaturated/α-hetero) is 1. The number of hydrogen-bond acceptors (Lipinski definition) is 4. The van der Waals surface area contributed by atoms with Crippen LogP contribution in [0, 0.1) is 10.1 Å². The van der Waals surface area contributed by atoms with E-state index in [1.807, 2.05) is 0 Å². The standard InChI is InChI=1S/C9H7N3O3/c1-6(13)8-5-11-4-7(12(14)15)2-3-9(11)10-8/h2-5H,1H3. The molecule has 6 nitrogen and oxygen atoms in total. The van der Waals surface area contributed by atoms with E-state index in [9.17, 15) is 14.9 Å². The van der Waals surface area contributed by atoms with Crippen LogP contribution in [0.25, 0.3) is 5.65 Å². The van der Waals surface area contributed by atoms with E-state index in [-0.39, 0.29) is 11.5 Å². The molecule has 2 aromatic heterocycles. The maximum Gasteiger partial charge on any atom is 0.286 e. The molecule has 0 aliphatic rings. The van der Waals surface area contributed by atoms with Crippen molar-refractivity contribution in [1.82, 2.24) is 9.38 Å². The van der Waals surface area contributed by atoms with Crippen LogP contribution in [-0.4, -0.2) is 20.1 Å². The van der Waals surface area contributed by atoms with Crippen LogP contribution in [0.2, 0.25) is 0 Å². The van der Waals surface area contributed by atoms with Crippen LogP contribution >= 0.6 is 0 Å². The highest BCUT2D eigenvalue weighted by atomic mass is 16.6. The molecule has 6 heteroatoms. The number of imidazole rings is 1. The zero-order valence-electron chi connectivity index (χ0n) is 7.88. The van der Waals surface area contributed by atoms with Gasteiger partial charge in [-0.25, -0.2) is 4.98 Å². The third kappa shape index (κ3) is 1.56. The summed E-state index contributed by atoms with van der Waals surface area (Å²) in [5, 5.41) is 10.5. The van der Waals surface area contributed by atoms with Crippen molar-refractivity contribution in [2.75, 3.05) is 0 Å². The zero-order valence-corrected chi connectivity index (χ0v) is 7.88. The minimum atomic E-state index is -0.493. The SMILES string of the molecule is CC(=O)c1cn2cc([N+](=O)[O-])ccc2n1. The van der Waals surface area contributed by atoms with Crippen molar-refractivity contribution in [3.05, 3.63) is 40.3 Å². The average molecular weight is 205 g/mol. The summed E-state index contributed by atoms with van der Waals surface area (Å²) in [5.74, 6) is -0.165. The Hall–Kier alpha value is -2.24. The molecular weight excluding hydrogens is 198 g/mol. The normalized spacial score (nSPS) is 10.5. The van der Waals surface area contributed by atoms with Crippen LogP contribution < -0.4 is 0 Å². The summed E-state index contributed by atoms with van der Waals surface area (Å²) in [4.78, 5) is 25.0. The molecule has 2 rings (SSSR count). The maximum absolute atomic E-state index is 11.0. The first-order valence-electron chi connectivity index (χ1n) is 4.22. The van der Waals surface area contributed by atoms with Gasteiger partial charge >= 0.3 is 0 Å². The number of fused-ring (bicyclic) bond motifs is 1. The average Bonchev–Trinajstić information content (AvgIpc) is 2.59. The minimum absolute atomic E-state index is 0.0324. The van der Waals surface area contributed by atoms with Crippen molar-refractivity contribution in [2.45, 2.75) is 6.92 Å². The van der Waals surface area contributed by atoms with Crippen LogP contribution in [0.4, 0.5) is 5.69 Å². The van der Waals surface area contributed by atoms with Gasteiger partial charge in [0.2, 0.25) is 0 Å². The monoisotopic (exact) mass is 205 g/mol. The van der Waals surface area contributed by atoms with E-state index < -0.39 is 4.92 Å². The molecule has 76 valence electrons.